The fourth-order valence-corrected chi connectivity index (χ4v) is 3.09. The second kappa shape index (κ2) is 5.67. The van der Waals surface area contributed by atoms with Crippen LogP contribution in [0.15, 0.2) is 17.0 Å². The van der Waals surface area contributed by atoms with Gasteiger partial charge in [0.15, 0.2) is 11.5 Å². The Balaban J connectivity index is 2.50. The van der Waals surface area contributed by atoms with E-state index >= 15 is 0 Å². The molecule has 0 fully saturated rings. The summed E-state index contributed by atoms with van der Waals surface area (Å²) < 4.78 is 33.8. The van der Waals surface area contributed by atoms with Crippen LogP contribution in [0, 0.1) is 0 Å². The first-order chi connectivity index (χ1) is 9.29. The van der Waals surface area contributed by atoms with Gasteiger partial charge in [0, 0.05) is 16.7 Å². The lowest BCUT2D eigenvalue weighted by Crippen LogP contribution is -2.26. The van der Waals surface area contributed by atoms with E-state index in [-0.39, 0.29) is 22.6 Å². The monoisotopic (exact) mass is 339 g/mol. The molecule has 1 amide bonds. The Morgan fingerprint density at radius 2 is 1.85 bits per heavy atom. The van der Waals surface area contributed by atoms with Gasteiger partial charge in [0.1, 0.15) is 18.6 Å². The quantitative estimate of drug-likeness (QED) is 0.652. The minimum Gasteiger partial charge on any atom is -0.486 e. The minimum atomic E-state index is -4.01. The highest BCUT2D eigenvalue weighted by molar-refractivity contribution is 8.13. The Kier molecular flexibility index (Phi) is 4.31. The van der Waals surface area contributed by atoms with E-state index in [4.69, 9.17) is 37.5 Å². The summed E-state index contributed by atoms with van der Waals surface area (Å²) in [5.41, 5.74) is 5.32. The van der Waals surface area contributed by atoms with Crippen molar-refractivity contribution < 1.29 is 22.7 Å². The first-order valence-electron chi connectivity index (χ1n) is 5.59. The Morgan fingerprint density at radius 1 is 1.30 bits per heavy atom. The van der Waals surface area contributed by atoms with E-state index in [1.54, 1.807) is 0 Å². The molecule has 1 unspecified atom stereocenters. The molecule has 1 atom stereocenters. The van der Waals surface area contributed by atoms with Crippen LogP contribution in [0.5, 0.6) is 11.5 Å². The van der Waals surface area contributed by atoms with Crippen LogP contribution in [-0.4, -0.2) is 32.9 Å². The third-order valence-corrected chi connectivity index (χ3v) is 4.47. The fraction of sp³-hybridized carbons (Fsp3) is 0.364. The standard InChI is InChI=1S/C11H11Cl2NO5S/c12-7(11(14)15)3-6-4-8-9(19-2-1-18-8)5-10(6)20(13,16)17/h4-5,7H,1-3H2,(H2,14,15). The van der Waals surface area contributed by atoms with Crippen molar-refractivity contribution in [2.75, 3.05) is 13.2 Å². The number of amides is 1. The Labute approximate surface area is 125 Å². The van der Waals surface area contributed by atoms with Crippen LogP contribution in [0.4, 0.5) is 0 Å². The lowest BCUT2D eigenvalue weighted by Gasteiger charge is -2.20. The molecule has 1 aromatic carbocycles. The lowest BCUT2D eigenvalue weighted by molar-refractivity contribution is -0.117. The molecular weight excluding hydrogens is 329 g/mol. The molecule has 0 radical (unpaired) electrons. The van der Waals surface area contributed by atoms with Gasteiger partial charge in [0.05, 0.1) is 4.90 Å². The smallest absolute Gasteiger partial charge is 0.261 e. The highest BCUT2D eigenvalue weighted by Crippen LogP contribution is 2.36. The number of primary amides is 1. The highest BCUT2D eigenvalue weighted by Gasteiger charge is 2.25. The Bertz CT molecular complexity index is 646. The zero-order chi connectivity index (χ0) is 14.9. The fourth-order valence-electron chi connectivity index (χ4n) is 1.79. The van der Waals surface area contributed by atoms with E-state index < -0.39 is 20.3 Å². The summed E-state index contributed by atoms with van der Waals surface area (Å²) in [4.78, 5) is 10.8. The molecule has 0 spiro atoms. The predicted octanol–water partition coefficient (Wildman–Crippen LogP) is 1.02. The van der Waals surface area contributed by atoms with Gasteiger partial charge in [-0.15, -0.1) is 11.6 Å². The largest absolute Gasteiger partial charge is 0.486 e. The summed E-state index contributed by atoms with van der Waals surface area (Å²) in [6.07, 6.45) is -0.0746. The van der Waals surface area contributed by atoms with E-state index in [9.17, 15) is 13.2 Å². The number of carbonyl (C=O) groups excluding carboxylic acids is 1. The molecule has 0 bridgehead atoms. The van der Waals surface area contributed by atoms with Crippen LogP contribution in [0.2, 0.25) is 0 Å². The van der Waals surface area contributed by atoms with E-state index in [0.717, 1.165) is 0 Å². The van der Waals surface area contributed by atoms with Crippen LogP contribution in [0.25, 0.3) is 0 Å². The van der Waals surface area contributed by atoms with Crippen molar-refractivity contribution >= 4 is 37.2 Å². The van der Waals surface area contributed by atoms with Crippen LogP contribution in [0.3, 0.4) is 0 Å². The first kappa shape index (κ1) is 15.2. The van der Waals surface area contributed by atoms with Gasteiger partial charge in [0.2, 0.25) is 5.91 Å². The Hall–Kier alpha value is -1.18. The van der Waals surface area contributed by atoms with Crippen LogP contribution < -0.4 is 15.2 Å². The first-order valence-corrected chi connectivity index (χ1v) is 8.34. The number of benzene rings is 1. The molecule has 1 heterocycles. The average Bonchev–Trinajstić information content (AvgIpc) is 2.36. The second-order valence-corrected chi connectivity index (χ2v) is 7.18. The normalized spacial score (nSPS) is 15.7. The number of ether oxygens (including phenoxy) is 2. The molecule has 0 aliphatic carbocycles. The maximum Gasteiger partial charge on any atom is 0.261 e. The van der Waals surface area contributed by atoms with Crippen LogP contribution in [0.1, 0.15) is 5.56 Å². The Morgan fingerprint density at radius 3 is 2.35 bits per heavy atom. The molecule has 0 aromatic heterocycles. The SMILES string of the molecule is NC(=O)C(Cl)Cc1cc2c(cc1S(=O)(=O)Cl)OCCO2. The molecule has 9 heteroatoms. The van der Waals surface area contributed by atoms with Gasteiger partial charge in [-0.25, -0.2) is 8.42 Å². The molecule has 2 N–H and O–H groups in total. The van der Waals surface area contributed by atoms with Gasteiger partial charge in [-0.05, 0) is 18.1 Å². The van der Waals surface area contributed by atoms with Gasteiger partial charge >= 0.3 is 0 Å². The summed E-state index contributed by atoms with van der Waals surface area (Å²) >= 11 is 5.77. The molecule has 2 rings (SSSR count). The van der Waals surface area contributed by atoms with Crippen molar-refractivity contribution in [2.45, 2.75) is 16.7 Å². The predicted molar refractivity (Wildman–Crippen MR) is 73.0 cm³/mol. The van der Waals surface area contributed by atoms with Gasteiger partial charge in [-0.3, -0.25) is 4.79 Å². The number of halogens is 2. The molecule has 1 aliphatic rings. The van der Waals surface area contributed by atoms with E-state index in [2.05, 4.69) is 0 Å². The van der Waals surface area contributed by atoms with E-state index in [1.165, 1.54) is 12.1 Å². The summed E-state index contributed by atoms with van der Waals surface area (Å²) in [7, 11) is 1.37. The molecule has 6 nitrogen and oxygen atoms in total. The molecule has 110 valence electrons. The summed E-state index contributed by atoms with van der Waals surface area (Å²) in [6, 6.07) is 2.71. The summed E-state index contributed by atoms with van der Waals surface area (Å²) in [5.74, 6) is -0.0902. The molecule has 0 saturated heterocycles. The third kappa shape index (κ3) is 3.28. The number of fused-ring (bicyclic) bond motifs is 1. The van der Waals surface area contributed by atoms with E-state index in [0.29, 0.717) is 19.0 Å². The van der Waals surface area contributed by atoms with Crippen LogP contribution >= 0.6 is 22.3 Å². The average molecular weight is 340 g/mol. The molecular formula is C11H11Cl2NO5S. The van der Waals surface area contributed by atoms with Gasteiger partial charge < -0.3 is 15.2 Å². The summed E-state index contributed by atoms with van der Waals surface area (Å²) in [6.45, 7) is 0.660. The maximum atomic E-state index is 11.6. The van der Waals surface area contributed by atoms with Crippen molar-refractivity contribution in [3.63, 3.8) is 0 Å². The molecule has 1 aromatic rings. The van der Waals surface area contributed by atoms with Gasteiger partial charge in [-0.1, -0.05) is 0 Å². The maximum absolute atomic E-state index is 11.6. The highest BCUT2D eigenvalue weighted by atomic mass is 35.7. The topological polar surface area (TPSA) is 95.7 Å². The van der Waals surface area contributed by atoms with E-state index in [1.807, 2.05) is 0 Å². The van der Waals surface area contributed by atoms with Crippen molar-refractivity contribution in [2.24, 2.45) is 5.73 Å². The lowest BCUT2D eigenvalue weighted by atomic mass is 10.1. The van der Waals surface area contributed by atoms with Crippen molar-refractivity contribution in [1.82, 2.24) is 0 Å². The van der Waals surface area contributed by atoms with Crippen LogP contribution in [-0.2, 0) is 20.3 Å². The van der Waals surface area contributed by atoms with Gasteiger partial charge in [-0.2, -0.15) is 0 Å². The van der Waals surface area contributed by atoms with Gasteiger partial charge in [0.25, 0.3) is 9.05 Å². The molecule has 1 aliphatic heterocycles. The van der Waals surface area contributed by atoms with Crippen molar-refractivity contribution in [3.05, 3.63) is 17.7 Å². The zero-order valence-corrected chi connectivity index (χ0v) is 12.5. The zero-order valence-electron chi connectivity index (χ0n) is 10.1. The third-order valence-electron chi connectivity index (χ3n) is 2.70. The number of alkyl halides is 1. The minimum absolute atomic E-state index is 0.0746. The number of carbonyl (C=O) groups is 1. The number of hydrogen-bond acceptors (Lipinski definition) is 5. The van der Waals surface area contributed by atoms with Crippen molar-refractivity contribution in [3.8, 4) is 11.5 Å². The molecule has 0 saturated carbocycles. The summed E-state index contributed by atoms with van der Waals surface area (Å²) in [5, 5.41) is -1.05. The molecule has 20 heavy (non-hydrogen) atoms. The number of rotatable bonds is 4. The number of hydrogen-bond donors (Lipinski definition) is 1. The second-order valence-electron chi connectivity index (χ2n) is 4.12. The van der Waals surface area contributed by atoms with Crippen molar-refractivity contribution in [1.29, 1.82) is 0 Å². The number of nitrogens with two attached hydrogens (primary N) is 1.